The number of pyridine rings is 1. The first-order valence-corrected chi connectivity index (χ1v) is 4.00. The van der Waals surface area contributed by atoms with Gasteiger partial charge in [-0.2, -0.15) is 0 Å². The number of Topliss-reactive ketones (excluding diaryl/α,β-unsaturated/α-hetero) is 1. The highest BCUT2D eigenvalue weighted by molar-refractivity contribution is 5.99. The molecule has 0 saturated heterocycles. The second-order valence-electron chi connectivity index (χ2n) is 2.64. The molecule has 1 aromatic heterocycles. The van der Waals surface area contributed by atoms with Gasteiger partial charge in [0.25, 0.3) is 0 Å². The Morgan fingerprint density at radius 2 is 2.29 bits per heavy atom. The Balaban J connectivity index is 3.14. The molecule has 0 aliphatic heterocycles. The predicted molar refractivity (Wildman–Crippen MR) is 49.9 cm³/mol. The number of nitro groups is 1. The predicted octanol–water partition coefficient (Wildman–Crippen LogP) is 1.16. The monoisotopic (exact) mass is 195 g/mol. The average Bonchev–Trinajstić information content (AvgIpc) is 2.16. The molecule has 1 heterocycles. The van der Waals surface area contributed by atoms with Gasteiger partial charge >= 0.3 is 5.82 Å². The zero-order chi connectivity index (χ0) is 10.7. The van der Waals surface area contributed by atoms with E-state index in [9.17, 15) is 14.9 Å². The number of aromatic nitrogens is 1. The summed E-state index contributed by atoms with van der Waals surface area (Å²) in [4.78, 5) is 24.4. The van der Waals surface area contributed by atoms with Crippen LogP contribution < -0.4 is 5.73 Å². The molecule has 74 valence electrons. The van der Waals surface area contributed by atoms with Crippen LogP contribution in [0.5, 0.6) is 0 Å². The number of carbonyl (C=O) groups excluding carboxylic acids is 1. The molecule has 0 amide bonds. The summed E-state index contributed by atoms with van der Waals surface area (Å²) in [6.45, 7) is 1.68. The van der Waals surface area contributed by atoms with Crippen molar-refractivity contribution in [2.24, 2.45) is 0 Å². The van der Waals surface area contributed by atoms with E-state index >= 15 is 0 Å². The summed E-state index contributed by atoms with van der Waals surface area (Å²) in [5, 5.41) is 10.3. The summed E-state index contributed by atoms with van der Waals surface area (Å²) in [5.74, 6) is -0.619. The van der Waals surface area contributed by atoms with Crippen LogP contribution in [-0.2, 0) is 0 Å². The molecular formula is C8H9N3O3. The van der Waals surface area contributed by atoms with E-state index in [4.69, 9.17) is 5.73 Å². The van der Waals surface area contributed by atoms with Crippen molar-refractivity contribution in [2.75, 3.05) is 5.73 Å². The maximum atomic E-state index is 11.2. The largest absolute Gasteiger partial charge is 0.365 e. The fourth-order valence-electron chi connectivity index (χ4n) is 0.992. The molecule has 0 saturated carbocycles. The number of nitrogens with two attached hydrogens (primary N) is 1. The van der Waals surface area contributed by atoms with Gasteiger partial charge in [0.05, 0.1) is 5.56 Å². The van der Waals surface area contributed by atoms with E-state index in [1.54, 1.807) is 6.92 Å². The number of nitrogen functional groups attached to an aromatic ring is 1. The van der Waals surface area contributed by atoms with Gasteiger partial charge in [-0.3, -0.25) is 4.79 Å². The highest BCUT2D eigenvalue weighted by atomic mass is 16.6. The van der Waals surface area contributed by atoms with Crippen molar-refractivity contribution in [3.05, 3.63) is 27.8 Å². The standard InChI is InChI=1S/C8H9N3O3/c1-2-6(12)5-3-4-7(11(13)14)10-8(5)9/h3-4H,2H2,1H3,(H2,9,10). The Hall–Kier alpha value is -1.98. The van der Waals surface area contributed by atoms with E-state index < -0.39 is 4.92 Å². The maximum absolute atomic E-state index is 11.2. The van der Waals surface area contributed by atoms with Gasteiger partial charge in [0, 0.05) is 12.5 Å². The first kappa shape index (κ1) is 10.1. The summed E-state index contributed by atoms with van der Waals surface area (Å²) in [7, 11) is 0. The lowest BCUT2D eigenvalue weighted by Gasteiger charge is -1.98. The Morgan fingerprint density at radius 1 is 1.64 bits per heavy atom. The number of rotatable bonds is 3. The molecular weight excluding hydrogens is 186 g/mol. The molecule has 0 unspecified atom stereocenters. The van der Waals surface area contributed by atoms with Crippen molar-refractivity contribution < 1.29 is 9.72 Å². The molecule has 0 spiro atoms. The van der Waals surface area contributed by atoms with Gasteiger partial charge in [0.15, 0.2) is 5.78 Å². The van der Waals surface area contributed by atoms with E-state index in [2.05, 4.69) is 4.98 Å². The van der Waals surface area contributed by atoms with Crippen molar-refractivity contribution in [1.29, 1.82) is 0 Å². The SMILES string of the molecule is CCC(=O)c1ccc([N+](=O)[O-])nc1N. The lowest BCUT2D eigenvalue weighted by molar-refractivity contribution is -0.389. The third kappa shape index (κ3) is 1.85. The van der Waals surface area contributed by atoms with Crippen molar-refractivity contribution in [3.63, 3.8) is 0 Å². The molecule has 1 aromatic rings. The minimum Gasteiger partial charge on any atom is -0.362 e. The van der Waals surface area contributed by atoms with Gasteiger partial charge < -0.3 is 15.8 Å². The minimum absolute atomic E-state index is 0.0916. The van der Waals surface area contributed by atoms with Gasteiger partial charge in [-0.25, -0.2) is 0 Å². The number of carbonyl (C=O) groups is 1. The number of hydrogen-bond donors (Lipinski definition) is 1. The number of hydrogen-bond acceptors (Lipinski definition) is 5. The number of anilines is 1. The second kappa shape index (κ2) is 3.82. The van der Waals surface area contributed by atoms with Crippen LogP contribution in [0.4, 0.5) is 11.6 Å². The van der Waals surface area contributed by atoms with Gasteiger partial charge in [-0.1, -0.05) is 6.92 Å². The van der Waals surface area contributed by atoms with Crippen molar-refractivity contribution in [1.82, 2.24) is 4.98 Å². The third-order valence-corrected chi connectivity index (χ3v) is 1.72. The molecule has 2 N–H and O–H groups in total. The number of nitrogens with zero attached hydrogens (tertiary/aromatic N) is 2. The van der Waals surface area contributed by atoms with E-state index in [1.165, 1.54) is 12.1 Å². The Kier molecular flexibility index (Phi) is 2.76. The molecule has 0 bridgehead atoms. The van der Waals surface area contributed by atoms with Crippen molar-refractivity contribution >= 4 is 17.4 Å². The van der Waals surface area contributed by atoms with E-state index in [0.29, 0.717) is 6.42 Å². The molecule has 1 rings (SSSR count). The molecule has 0 aromatic carbocycles. The van der Waals surface area contributed by atoms with E-state index in [0.717, 1.165) is 0 Å². The maximum Gasteiger partial charge on any atom is 0.365 e. The van der Waals surface area contributed by atoms with Gasteiger partial charge in [-0.15, -0.1) is 0 Å². The first-order chi connectivity index (χ1) is 6.56. The van der Waals surface area contributed by atoms with E-state index in [-0.39, 0.29) is 23.0 Å². The second-order valence-corrected chi connectivity index (χ2v) is 2.64. The number of ketones is 1. The summed E-state index contributed by atoms with van der Waals surface area (Å²) in [6.07, 6.45) is 0.295. The zero-order valence-corrected chi connectivity index (χ0v) is 7.56. The lowest BCUT2D eigenvalue weighted by Crippen LogP contribution is -2.05. The topological polar surface area (TPSA) is 99.1 Å². The molecule has 6 nitrogen and oxygen atoms in total. The van der Waals surface area contributed by atoms with Crippen LogP contribution in [0.3, 0.4) is 0 Å². The summed E-state index contributed by atoms with van der Waals surface area (Å²) in [6, 6.07) is 2.49. The van der Waals surface area contributed by atoms with Gasteiger partial charge in [-0.05, 0) is 16.0 Å². The minimum atomic E-state index is -0.656. The summed E-state index contributed by atoms with van der Waals surface area (Å²) in [5.41, 5.74) is 5.63. The molecule has 6 heteroatoms. The van der Waals surface area contributed by atoms with Crippen LogP contribution >= 0.6 is 0 Å². The Morgan fingerprint density at radius 3 is 2.71 bits per heavy atom. The molecule has 14 heavy (non-hydrogen) atoms. The highest BCUT2D eigenvalue weighted by Crippen LogP contribution is 2.16. The van der Waals surface area contributed by atoms with Crippen LogP contribution in [0.2, 0.25) is 0 Å². The normalized spacial score (nSPS) is 9.79. The smallest absolute Gasteiger partial charge is 0.362 e. The molecule has 0 aliphatic rings. The Bertz CT molecular complexity index is 389. The van der Waals surface area contributed by atoms with Crippen LogP contribution in [0.15, 0.2) is 12.1 Å². The van der Waals surface area contributed by atoms with Crippen LogP contribution in [-0.4, -0.2) is 15.7 Å². The van der Waals surface area contributed by atoms with Crippen LogP contribution in [0.1, 0.15) is 23.7 Å². The lowest BCUT2D eigenvalue weighted by atomic mass is 10.1. The van der Waals surface area contributed by atoms with Crippen LogP contribution in [0.25, 0.3) is 0 Å². The molecule has 0 fully saturated rings. The third-order valence-electron chi connectivity index (χ3n) is 1.72. The molecule has 0 atom stereocenters. The van der Waals surface area contributed by atoms with Gasteiger partial charge in [0.1, 0.15) is 0 Å². The van der Waals surface area contributed by atoms with Crippen molar-refractivity contribution in [2.45, 2.75) is 13.3 Å². The van der Waals surface area contributed by atoms with Crippen molar-refractivity contribution in [3.8, 4) is 0 Å². The first-order valence-electron chi connectivity index (χ1n) is 4.00. The quantitative estimate of drug-likeness (QED) is 0.443. The highest BCUT2D eigenvalue weighted by Gasteiger charge is 2.16. The van der Waals surface area contributed by atoms with Gasteiger partial charge in [0.2, 0.25) is 5.82 Å². The summed E-state index contributed by atoms with van der Waals surface area (Å²) < 4.78 is 0. The van der Waals surface area contributed by atoms with Crippen LogP contribution in [0, 0.1) is 10.1 Å². The zero-order valence-electron chi connectivity index (χ0n) is 7.56. The fraction of sp³-hybridized carbons (Fsp3) is 0.250. The fourth-order valence-corrected chi connectivity index (χ4v) is 0.992. The molecule has 0 radical (unpaired) electrons. The molecule has 0 aliphatic carbocycles. The average molecular weight is 195 g/mol. The Labute approximate surface area is 79.9 Å². The van der Waals surface area contributed by atoms with E-state index in [1.807, 2.05) is 0 Å². The summed E-state index contributed by atoms with van der Waals surface area (Å²) >= 11 is 0.